The number of rotatable bonds is 6. The van der Waals surface area contributed by atoms with E-state index in [9.17, 15) is 19.5 Å². The maximum absolute atomic E-state index is 13.2. The zero-order chi connectivity index (χ0) is 21.3. The zero-order valence-corrected chi connectivity index (χ0v) is 17.6. The quantitative estimate of drug-likeness (QED) is 0.660. The lowest BCUT2D eigenvalue weighted by Crippen LogP contribution is -2.49. The summed E-state index contributed by atoms with van der Waals surface area (Å²) >= 11 is 0. The molecule has 4 saturated carbocycles. The van der Waals surface area contributed by atoms with Gasteiger partial charge in [0, 0.05) is 18.8 Å². The van der Waals surface area contributed by atoms with Gasteiger partial charge in [-0.25, -0.2) is 0 Å². The number of fused-ring (bicyclic) bond motifs is 3. The molecular formula is C22H32N4O4. The minimum absolute atomic E-state index is 0.0654. The lowest BCUT2D eigenvalue weighted by Gasteiger charge is -2.45. The minimum atomic E-state index is -0.885. The summed E-state index contributed by atoms with van der Waals surface area (Å²) in [6.45, 7) is 2.49. The fourth-order valence-electron chi connectivity index (χ4n) is 5.74. The van der Waals surface area contributed by atoms with Gasteiger partial charge in [-0.05, 0) is 57.3 Å². The first-order valence-corrected chi connectivity index (χ1v) is 11.4. The Hall–Kier alpha value is -2.38. The number of carbonyl (C=O) groups excluding carboxylic acids is 2. The fraction of sp³-hybridized carbons (Fsp3) is 0.727. The Morgan fingerprint density at radius 3 is 2.27 bits per heavy atom. The molecule has 2 bridgehead atoms. The number of aromatic nitrogens is 2. The molecule has 2 atom stereocenters. The lowest BCUT2D eigenvalue weighted by atomic mass is 9.58. The third-order valence-electron chi connectivity index (χ3n) is 7.31. The second kappa shape index (κ2) is 8.78. The number of carbonyl (C=O) groups is 3. The summed E-state index contributed by atoms with van der Waals surface area (Å²) in [6.07, 6.45) is 10.6. The van der Waals surface area contributed by atoms with Crippen molar-refractivity contribution in [2.45, 2.75) is 77.3 Å². The zero-order valence-electron chi connectivity index (χ0n) is 17.6. The standard InChI is InChI=1S/C22H32N4O4/c1-2-26-12-16(19(25-26)21(28)23-15-6-4-3-5-7-15)24-20(27)17-13-8-10-14(11-9-13)18(17)22(29)30/h12-15,17-18H,2-11H2,1H3,(H,23,28)(H,24,27)(H,29,30)/t13?,14?,17-,18+/m0/s1. The molecule has 3 N–H and O–H groups in total. The normalized spacial score (nSPS) is 28.8. The van der Waals surface area contributed by atoms with Gasteiger partial charge in [-0.1, -0.05) is 19.3 Å². The number of aryl methyl sites for hydroxylation is 1. The van der Waals surface area contributed by atoms with Crippen LogP contribution < -0.4 is 10.6 Å². The first kappa shape index (κ1) is 20.9. The predicted octanol–water partition coefficient (Wildman–Crippen LogP) is 3.04. The summed E-state index contributed by atoms with van der Waals surface area (Å²) in [7, 11) is 0. The number of nitrogens with zero attached hydrogens (tertiary/aromatic N) is 2. The van der Waals surface area contributed by atoms with Crippen LogP contribution in [0, 0.1) is 23.7 Å². The molecule has 0 spiro atoms. The number of hydrogen-bond acceptors (Lipinski definition) is 4. The number of amides is 2. The van der Waals surface area contributed by atoms with Crippen LogP contribution in [0.2, 0.25) is 0 Å². The molecule has 164 valence electrons. The SMILES string of the molecule is CCn1cc(NC(=O)[C@H]2C3CCC(CC3)[C@H]2C(=O)O)c(C(=O)NC2CCCCC2)n1. The van der Waals surface area contributed by atoms with Crippen LogP contribution in [0.25, 0.3) is 0 Å². The summed E-state index contributed by atoms with van der Waals surface area (Å²) in [5.41, 5.74) is 0.587. The van der Waals surface area contributed by atoms with Crippen molar-refractivity contribution in [3.05, 3.63) is 11.9 Å². The van der Waals surface area contributed by atoms with Crippen LogP contribution in [-0.4, -0.2) is 38.7 Å². The highest BCUT2D eigenvalue weighted by Gasteiger charge is 2.50. The van der Waals surface area contributed by atoms with Gasteiger partial charge in [0.25, 0.3) is 5.91 Å². The number of nitrogens with one attached hydrogen (secondary N) is 2. The predicted molar refractivity (Wildman–Crippen MR) is 111 cm³/mol. The van der Waals surface area contributed by atoms with E-state index < -0.39 is 17.8 Å². The van der Waals surface area contributed by atoms with Crippen LogP contribution in [0.3, 0.4) is 0 Å². The van der Waals surface area contributed by atoms with Crippen molar-refractivity contribution in [3.63, 3.8) is 0 Å². The monoisotopic (exact) mass is 416 g/mol. The van der Waals surface area contributed by atoms with Crippen molar-refractivity contribution in [1.29, 1.82) is 0 Å². The van der Waals surface area contributed by atoms with Crippen molar-refractivity contribution < 1.29 is 19.5 Å². The third kappa shape index (κ3) is 4.09. The molecule has 8 nitrogen and oxygen atoms in total. The van der Waals surface area contributed by atoms with Crippen molar-refractivity contribution in [2.24, 2.45) is 23.7 Å². The Bertz CT molecular complexity index is 806. The minimum Gasteiger partial charge on any atom is -0.481 e. The van der Waals surface area contributed by atoms with Crippen LogP contribution in [-0.2, 0) is 16.1 Å². The topological polar surface area (TPSA) is 113 Å². The van der Waals surface area contributed by atoms with E-state index in [1.165, 1.54) is 6.42 Å². The number of anilines is 1. The van der Waals surface area contributed by atoms with Crippen molar-refractivity contribution >= 4 is 23.5 Å². The molecule has 0 radical (unpaired) electrons. The molecule has 5 rings (SSSR count). The van der Waals surface area contributed by atoms with Crippen LogP contribution in [0.4, 0.5) is 5.69 Å². The van der Waals surface area contributed by atoms with Crippen LogP contribution in [0.1, 0.15) is 75.2 Å². The highest BCUT2D eigenvalue weighted by molar-refractivity contribution is 6.03. The number of carboxylic acids is 1. The van der Waals surface area contributed by atoms with Crippen molar-refractivity contribution in [1.82, 2.24) is 15.1 Å². The molecular weight excluding hydrogens is 384 g/mol. The molecule has 0 unspecified atom stereocenters. The van der Waals surface area contributed by atoms with Gasteiger partial charge in [-0.2, -0.15) is 5.10 Å². The molecule has 0 aromatic carbocycles. The summed E-state index contributed by atoms with van der Waals surface area (Å²) in [5.74, 6) is -2.48. The average molecular weight is 417 g/mol. The Balaban J connectivity index is 1.52. The maximum Gasteiger partial charge on any atom is 0.307 e. The smallest absolute Gasteiger partial charge is 0.307 e. The molecule has 30 heavy (non-hydrogen) atoms. The average Bonchev–Trinajstić information content (AvgIpc) is 3.17. The van der Waals surface area contributed by atoms with E-state index in [1.54, 1.807) is 10.9 Å². The summed E-state index contributed by atoms with van der Waals surface area (Å²) in [4.78, 5) is 38.0. The maximum atomic E-state index is 13.2. The molecule has 4 aliphatic carbocycles. The number of aliphatic carboxylic acids is 1. The highest BCUT2D eigenvalue weighted by Crippen LogP contribution is 2.49. The number of hydrogen-bond donors (Lipinski definition) is 3. The molecule has 2 amide bonds. The Labute approximate surface area is 176 Å². The van der Waals surface area contributed by atoms with E-state index >= 15 is 0 Å². The van der Waals surface area contributed by atoms with Gasteiger partial charge in [0.1, 0.15) is 0 Å². The van der Waals surface area contributed by atoms with E-state index in [0.717, 1.165) is 51.4 Å². The molecule has 1 aromatic heterocycles. The molecule has 1 heterocycles. The van der Waals surface area contributed by atoms with Crippen LogP contribution in [0.15, 0.2) is 6.20 Å². The van der Waals surface area contributed by atoms with Gasteiger partial charge < -0.3 is 15.7 Å². The van der Waals surface area contributed by atoms with E-state index in [4.69, 9.17) is 0 Å². The Morgan fingerprint density at radius 1 is 1.03 bits per heavy atom. The lowest BCUT2D eigenvalue weighted by molar-refractivity contribution is -0.156. The Morgan fingerprint density at radius 2 is 1.67 bits per heavy atom. The van der Waals surface area contributed by atoms with Gasteiger partial charge in [-0.15, -0.1) is 0 Å². The van der Waals surface area contributed by atoms with Crippen LogP contribution >= 0.6 is 0 Å². The first-order chi connectivity index (χ1) is 14.5. The van der Waals surface area contributed by atoms with Gasteiger partial charge in [0.05, 0.1) is 17.5 Å². The van der Waals surface area contributed by atoms with Crippen LogP contribution in [0.5, 0.6) is 0 Å². The molecule has 1 aromatic rings. The fourth-order valence-corrected chi connectivity index (χ4v) is 5.74. The van der Waals surface area contributed by atoms with Gasteiger partial charge in [0.15, 0.2) is 5.69 Å². The highest BCUT2D eigenvalue weighted by atomic mass is 16.4. The second-order valence-electron chi connectivity index (χ2n) is 9.11. The van der Waals surface area contributed by atoms with E-state index in [1.807, 2.05) is 6.92 Å². The summed E-state index contributed by atoms with van der Waals surface area (Å²) in [6, 6.07) is 0.145. The van der Waals surface area contributed by atoms with Gasteiger partial charge in [-0.3, -0.25) is 19.1 Å². The number of carboxylic acid groups (broad SMARTS) is 1. The van der Waals surface area contributed by atoms with Crippen molar-refractivity contribution in [2.75, 3.05) is 5.32 Å². The molecule has 4 fully saturated rings. The molecule has 4 aliphatic rings. The van der Waals surface area contributed by atoms with Gasteiger partial charge >= 0.3 is 5.97 Å². The van der Waals surface area contributed by atoms with E-state index in [2.05, 4.69) is 15.7 Å². The molecule has 8 heteroatoms. The second-order valence-corrected chi connectivity index (χ2v) is 9.11. The summed E-state index contributed by atoms with van der Waals surface area (Å²) < 4.78 is 1.63. The Kier molecular flexibility index (Phi) is 6.11. The third-order valence-corrected chi connectivity index (χ3v) is 7.31. The largest absolute Gasteiger partial charge is 0.481 e. The summed E-state index contributed by atoms with van der Waals surface area (Å²) in [5, 5.41) is 20.1. The van der Waals surface area contributed by atoms with E-state index in [0.29, 0.717) is 12.2 Å². The molecule has 0 aliphatic heterocycles. The van der Waals surface area contributed by atoms with E-state index in [-0.39, 0.29) is 35.4 Å². The first-order valence-electron chi connectivity index (χ1n) is 11.4. The van der Waals surface area contributed by atoms with Gasteiger partial charge in [0.2, 0.25) is 5.91 Å². The van der Waals surface area contributed by atoms with Crippen molar-refractivity contribution in [3.8, 4) is 0 Å². The molecule has 0 saturated heterocycles.